The Morgan fingerprint density at radius 2 is 1.79 bits per heavy atom. The molecule has 0 fully saturated rings. The van der Waals surface area contributed by atoms with Crippen LogP contribution in [0.2, 0.25) is 0 Å². The van der Waals surface area contributed by atoms with Gasteiger partial charge in [-0.2, -0.15) is 0 Å². The number of ether oxygens (including phenoxy) is 1. The van der Waals surface area contributed by atoms with Crippen LogP contribution in [0.3, 0.4) is 0 Å². The molecule has 1 aromatic carbocycles. The number of alkyl carbamates (subject to hydrolysis) is 1. The number of likely N-dealkylation sites (N-methyl/N-ethyl adjacent to an activating group) is 1. The number of anilines is 1. The number of nitrogens with one attached hydrogen (secondary N) is 1. The molecule has 4 atom stereocenters. The number of phenols is 1. The third-order valence-corrected chi connectivity index (χ3v) is 8.38. The van der Waals surface area contributed by atoms with E-state index in [1.165, 1.54) is 4.90 Å². The Morgan fingerprint density at radius 3 is 2.33 bits per heavy atom. The van der Waals surface area contributed by atoms with Crippen molar-refractivity contribution in [3.8, 4) is 5.75 Å². The number of rotatable bonds is 6. The van der Waals surface area contributed by atoms with Gasteiger partial charge in [-0.05, 0) is 44.5 Å². The summed E-state index contributed by atoms with van der Waals surface area (Å²) in [5.41, 5.74) is 2.29. The van der Waals surface area contributed by atoms with E-state index in [9.17, 15) is 39.6 Å². The van der Waals surface area contributed by atoms with Crippen molar-refractivity contribution >= 4 is 64.1 Å². The number of hydrogen-bond acceptors (Lipinski definition) is 11. The number of fused-ring (bicyclic) bond motifs is 3. The van der Waals surface area contributed by atoms with Crippen LogP contribution in [-0.4, -0.2) is 99.1 Å². The summed E-state index contributed by atoms with van der Waals surface area (Å²) in [5, 5.41) is 47.7. The third kappa shape index (κ3) is 5.48. The highest BCUT2D eigenvalue weighted by molar-refractivity contribution is 6.67. The number of aromatic hydroxyl groups is 1. The fraction of sp³-hybridized carbons (Fsp3) is 0.481. The van der Waals surface area contributed by atoms with Gasteiger partial charge in [-0.25, -0.2) is 4.79 Å². The van der Waals surface area contributed by atoms with Crippen LogP contribution >= 0.6 is 34.8 Å². The number of nitrogens with zero attached hydrogens (tertiary/aromatic N) is 2. The molecular formula is C27H31Cl3N4O9. The second-order valence-electron chi connectivity index (χ2n) is 11.2. The maximum atomic E-state index is 14.0. The van der Waals surface area contributed by atoms with Crippen LogP contribution in [0, 0.1) is 11.8 Å². The summed E-state index contributed by atoms with van der Waals surface area (Å²) < 4.78 is 2.99. The topological polar surface area (TPSA) is 203 Å². The van der Waals surface area contributed by atoms with E-state index in [4.69, 9.17) is 45.3 Å². The van der Waals surface area contributed by atoms with Crippen molar-refractivity contribution in [3.63, 3.8) is 0 Å². The zero-order valence-electron chi connectivity index (χ0n) is 23.6. The Bertz CT molecular complexity index is 1480. The average Bonchev–Trinajstić information content (AvgIpc) is 2.88. The van der Waals surface area contributed by atoms with E-state index in [2.05, 4.69) is 5.32 Å². The standard InChI is InChI=1S/C27H31Cl3N4O9/c1-33(2)14-7-11(8-32-25(41)43-9-26(28,29)30)19(35)16-12(14)5-10-6-13-18(34(3)4)21(37)17(24(31)40)23(39)27(13,42)22(38)15(10)20(16)36/h7,10,13,18,35,37-38,42H,5-6,8-9H2,1-4H3,(H2,31,40)(H,32,41)/t10-,13-,18-,27-/m0/s1. The van der Waals surface area contributed by atoms with Crippen LogP contribution in [-0.2, 0) is 27.3 Å². The van der Waals surface area contributed by atoms with E-state index >= 15 is 0 Å². The minimum absolute atomic E-state index is 0.0439. The first-order valence-corrected chi connectivity index (χ1v) is 14.1. The average molecular weight is 662 g/mol. The SMILES string of the molecule is CN(C)c1cc(CNC(=O)OCC(Cl)(Cl)Cl)c(O)c2c1C[C@H]1C[C@H]3[C@H](N(C)C)C(O)=C(C(N)=O)C(=O)[C@@]3(O)C(O)=C1C2=O. The summed E-state index contributed by atoms with van der Waals surface area (Å²) in [7, 11) is 6.53. The fourth-order valence-electron chi connectivity index (χ4n) is 6.25. The summed E-state index contributed by atoms with van der Waals surface area (Å²) in [6.45, 7) is -0.848. The number of carbonyl (C=O) groups is 4. The van der Waals surface area contributed by atoms with Gasteiger partial charge >= 0.3 is 6.09 Å². The van der Waals surface area contributed by atoms with Gasteiger partial charge in [0.25, 0.3) is 5.91 Å². The molecule has 0 saturated heterocycles. The molecule has 0 bridgehead atoms. The molecule has 0 unspecified atom stereocenters. The van der Waals surface area contributed by atoms with Crippen molar-refractivity contribution in [2.45, 2.75) is 34.8 Å². The van der Waals surface area contributed by atoms with E-state index in [1.54, 1.807) is 39.2 Å². The molecule has 2 amide bonds. The van der Waals surface area contributed by atoms with E-state index in [0.29, 0.717) is 11.3 Å². The molecule has 0 saturated carbocycles. The number of aliphatic hydroxyl groups is 3. The van der Waals surface area contributed by atoms with Crippen molar-refractivity contribution in [1.82, 2.24) is 10.2 Å². The van der Waals surface area contributed by atoms with Gasteiger partial charge in [-0.3, -0.25) is 19.3 Å². The van der Waals surface area contributed by atoms with Crippen LogP contribution in [0.15, 0.2) is 28.7 Å². The maximum absolute atomic E-state index is 14.0. The first kappa shape index (κ1) is 32.7. The van der Waals surface area contributed by atoms with Crippen LogP contribution in [0.1, 0.15) is 27.9 Å². The summed E-state index contributed by atoms with van der Waals surface area (Å²) in [6, 6.07) is 0.479. The number of carbonyl (C=O) groups excluding carboxylic acids is 4. The van der Waals surface area contributed by atoms with Gasteiger partial charge in [0, 0.05) is 43.4 Å². The van der Waals surface area contributed by atoms with Crippen LogP contribution in [0.5, 0.6) is 5.75 Å². The number of primary amides is 1. The number of hydrogen-bond donors (Lipinski definition) is 6. The molecule has 0 heterocycles. The minimum Gasteiger partial charge on any atom is -0.510 e. The van der Waals surface area contributed by atoms with E-state index in [0.717, 1.165) is 0 Å². The Balaban J connectivity index is 1.82. The molecule has 3 aliphatic carbocycles. The highest BCUT2D eigenvalue weighted by Gasteiger charge is 2.63. The fourth-order valence-corrected chi connectivity index (χ4v) is 6.42. The molecule has 0 radical (unpaired) electrons. The predicted molar refractivity (Wildman–Crippen MR) is 156 cm³/mol. The third-order valence-electron chi connectivity index (χ3n) is 8.05. The van der Waals surface area contributed by atoms with E-state index in [1.807, 2.05) is 0 Å². The van der Waals surface area contributed by atoms with Gasteiger partial charge in [-0.15, -0.1) is 0 Å². The lowest BCUT2D eigenvalue weighted by Gasteiger charge is -2.50. The molecule has 3 aliphatic rings. The largest absolute Gasteiger partial charge is 0.510 e. The molecule has 7 N–H and O–H groups in total. The molecule has 4 rings (SSSR count). The lowest BCUT2D eigenvalue weighted by Crippen LogP contribution is -2.63. The van der Waals surface area contributed by atoms with Crippen molar-refractivity contribution in [2.24, 2.45) is 17.6 Å². The number of alkyl halides is 3. The highest BCUT2D eigenvalue weighted by Crippen LogP contribution is 2.53. The van der Waals surface area contributed by atoms with Gasteiger partial charge in [0.2, 0.25) is 9.58 Å². The van der Waals surface area contributed by atoms with Crippen molar-refractivity contribution in [1.29, 1.82) is 0 Å². The van der Waals surface area contributed by atoms with E-state index < -0.39 is 80.3 Å². The monoisotopic (exact) mass is 660 g/mol. The number of benzene rings is 1. The Morgan fingerprint density at radius 1 is 1.16 bits per heavy atom. The number of amides is 2. The predicted octanol–water partition coefficient (Wildman–Crippen LogP) is 1.78. The van der Waals surface area contributed by atoms with Crippen molar-refractivity contribution < 1.29 is 44.3 Å². The van der Waals surface area contributed by atoms with Crippen LogP contribution in [0.25, 0.3) is 0 Å². The molecule has 1 aromatic rings. The minimum atomic E-state index is -2.75. The zero-order chi connectivity index (χ0) is 32.3. The quantitative estimate of drug-likeness (QED) is 0.192. The molecule has 0 aliphatic heterocycles. The van der Waals surface area contributed by atoms with Gasteiger partial charge in [0.05, 0.1) is 11.6 Å². The number of Topliss-reactive ketones (excluding diaryl/α,β-unsaturated/α-hetero) is 2. The number of phenolic OH excluding ortho intramolecular Hbond substituents is 1. The van der Waals surface area contributed by atoms with Gasteiger partial charge < -0.3 is 41.1 Å². The molecule has 13 nitrogen and oxygen atoms in total. The van der Waals surface area contributed by atoms with Crippen LogP contribution < -0.4 is 16.0 Å². The lowest BCUT2D eigenvalue weighted by atomic mass is 9.58. The number of ketones is 2. The van der Waals surface area contributed by atoms with Gasteiger partial charge in [0.1, 0.15) is 29.4 Å². The number of allylic oxidation sites excluding steroid dienone is 1. The Labute approximate surface area is 261 Å². The summed E-state index contributed by atoms with van der Waals surface area (Å²) in [4.78, 5) is 54.9. The second kappa shape index (κ2) is 11.4. The number of halogens is 3. The number of nitrogens with two attached hydrogens (primary N) is 1. The summed E-state index contributed by atoms with van der Waals surface area (Å²) in [6.07, 6.45) is -0.901. The maximum Gasteiger partial charge on any atom is 0.407 e. The summed E-state index contributed by atoms with van der Waals surface area (Å²) in [5.74, 6) is -7.49. The number of aliphatic hydroxyl groups excluding tert-OH is 2. The molecular weight excluding hydrogens is 631 g/mol. The van der Waals surface area contributed by atoms with E-state index in [-0.39, 0.29) is 36.1 Å². The highest BCUT2D eigenvalue weighted by atomic mass is 35.6. The normalized spacial score (nSPS) is 25.3. The molecule has 43 heavy (non-hydrogen) atoms. The first-order valence-electron chi connectivity index (χ1n) is 13.0. The second-order valence-corrected chi connectivity index (χ2v) is 13.7. The van der Waals surface area contributed by atoms with Gasteiger partial charge in [-0.1, -0.05) is 34.8 Å². The molecule has 16 heteroatoms. The summed E-state index contributed by atoms with van der Waals surface area (Å²) >= 11 is 16.8. The van der Waals surface area contributed by atoms with Gasteiger partial charge in [0.15, 0.2) is 11.4 Å². The first-order chi connectivity index (χ1) is 19.8. The van der Waals surface area contributed by atoms with Crippen molar-refractivity contribution in [2.75, 3.05) is 39.7 Å². The van der Waals surface area contributed by atoms with Crippen molar-refractivity contribution in [3.05, 3.63) is 45.4 Å². The Hall–Kier alpha value is -3.23. The molecule has 0 spiro atoms. The van der Waals surface area contributed by atoms with Crippen LogP contribution in [0.4, 0.5) is 10.5 Å². The Kier molecular flexibility index (Phi) is 8.63. The zero-order valence-corrected chi connectivity index (χ0v) is 25.8. The molecule has 234 valence electrons. The molecule has 0 aromatic heterocycles. The lowest BCUT2D eigenvalue weighted by molar-refractivity contribution is -0.148. The smallest absolute Gasteiger partial charge is 0.407 e.